The molecule has 3 heterocycles. The van der Waals surface area contributed by atoms with Gasteiger partial charge in [-0.1, -0.05) is 53.2 Å². The van der Waals surface area contributed by atoms with E-state index in [1.165, 1.54) is 32.2 Å². The van der Waals surface area contributed by atoms with E-state index in [1.807, 2.05) is 25.1 Å². The summed E-state index contributed by atoms with van der Waals surface area (Å²) in [6.45, 7) is 27.9. The average Bonchev–Trinajstić information content (AvgIpc) is 3.89. The second-order valence-electron chi connectivity index (χ2n) is 14.7. The molecule has 1 aromatic carbocycles. The molecule has 0 N–H and O–H groups in total. The molecular weight excluding hydrogens is 769 g/mol. The van der Waals surface area contributed by atoms with Gasteiger partial charge in [0.05, 0.1) is 31.9 Å². The number of carbonyl (C=O) groups is 1. The Morgan fingerprint density at radius 3 is 2.25 bits per heavy atom. The lowest BCUT2D eigenvalue weighted by Crippen LogP contribution is -2.45. The third-order valence-corrected chi connectivity index (χ3v) is 11.1. The van der Waals surface area contributed by atoms with E-state index < -0.39 is 17.3 Å². The molecule has 0 aliphatic carbocycles. The third kappa shape index (κ3) is 15.9. The zero-order chi connectivity index (χ0) is 44.0. The SMILES string of the molecule is C=C.C=C/C(=C(F)\C=C(/C)F)[C@@]1(Cn2cncn2)C[C@H](CCOc2ccc(N3CCN(/C(C)=C/C=C(\CC)N(C=NC)C(C)=O)CC3)cc2)CO1.CCC(CC)[C@H](C)S. The molecular formula is C46H69F2N7O3S. The maximum Gasteiger partial charge on any atom is 0.228 e. The topological polar surface area (TPSA) is 88.3 Å². The fourth-order valence-corrected chi connectivity index (χ4v) is 7.73. The highest BCUT2D eigenvalue weighted by Gasteiger charge is 2.44. The number of allylic oxidation sites excluding steroid dienone is 7. The highest BCUT2D eigenvalue weighted by Crippen LogP contribution is 2.41. The predicted molar refractivity (Wildman–Crippen MR) is 243 cm³/mol. The Morgan fingerprint density at radius 1 is 1.10 bits per heavy atom. The molecule has 59 heavy (non-hydrogen) atoms. The minimum absolute atomic E-state index is 0.0617. The van der Waals surface area contributed by atoms with Crippen molar-refractivity contribution in [2.45, 2.75) is 98.0 Å². The van der Waals surface area contributed by atoms with Crippen LogP contribution in [0.5, 0.6) is 5.75 Å². The van der Waals surface area contributed by atoms with Crippen LogP contribution < -0.4 is 9.64 Å². The number of hydrogen-bond donors (Lipinski definition) is 1. The van der Waals surface area contributed by atoms with E-state index in [9.17, 15) is 9.18 Å². The molecule has 2 aliphatic heterocycles. The second-order valence-corrected chi connectivity index (χ2v) is 15.5. The Labute approximate surface area is 358 Å². The Bertz CT molecular complexity index is 1710. The third-order valence-electron chi connectivity index (χ3n) is 10.6. The molecule has 2 fully saturated rings. The molecule has 2 aromatic rings. The standard InChI is InChI=1S/C37H49F2N7O3.C7H16S.C2H4/c1-7-32(46(26-40-6)30(5)47)10-9-29(4)43-16-18-44(19-17-43)33-11-13-34(14-12-33)48-20-15-31-22-37(49-23-31,24-45-27-41-25-42-45)35(8-2)36(39)21-28(3)38;1-4-7(5-2)6(3)8;1-2/h8-14,21,25-27,31H,2,7,15-20,22-24H2,1,3-6H3;6-8H,4-5H2,1-3H3;1-2H2/b28-21+,29-9+,32-10+,36-35-,40-26?;;/t31-,37-;6-;/m00./s1. The van der Waals surface area contributed by atoms with Crippen LogP contribution in [0.2, 0.25) is 0 Å². The minimum Gasteiger partial charge on any atom is -0.494 e. The molecule has 0 unspecified atom stereocenters. The molecule has 0 bridgehead atoms. The van der Waals surface area contributed by atoms with Gasteiger partial charge in [-0.3, -0.25) is 14.7 Å². The number of piperazine rings is 1. The Morgan fingerprint density at radius 2 is 1.76 bits per heavy atom. The van der Waals surface area contributed by atoms with E-state index in [1.54, 1.807) is 36.2 Å². The number of halogens is 2. The van der Waals surface area contributed by atoms with Gasteiger partial charge in [0.25, 0.3) is 0 Å². The summed E-state index contributed by atoms with van der Waals surface area (Å²) in [7, 11) is 1.66. The van der Waals surface area contributed by atoms with Gasteiger partial charge in [-0.15, -0.1) is 13.2 Å². The lowest BCUT2D eigenvalue weighted by atomic mass is 9.85. The molecule has 0 radical (unpaired) electrons. The number of benzene rings is 1. The van der Waals surface area contributed by atoms with Crippen molar-refractivity contribution in [2.75, 3.05) is 51.3 Å². The number of aromatic nitrogens is 3. The van der Waals surface area contributed by atoms with Gasteiger partial charge < -0.3 is 19.3 Å². The molecule has 10 nitrogen and oxygen atoms in total. The lowest BCUT2D eigenvalue weighted by Gasteiger charge is -2.37. The van der Waals surface area contributed by atoms with Gasteiger partial charge in [0.1, 0.15) is 29.8 Å². The lowest BCUT2D eigenvalue weighted by molar-refractivity contribution is -0.123. The largest absolute Gasteiger partial charge is 0.494 e. The van der Waals surface area contributed by atoms with E-state index in [0.29, 0.717) is 31.3 Å². The van der Waals surface area contributed by atoms with Crippen LogP contribution >= 0.6 is 12.6 Å². The molecule has 0 spiro atoms. The first-order valence-electron chi connectivity index (χ1n) is 20.6. The van der Waals surface area contributed by atoms with Gasteiger partial charge in [0, 0.05) is 74.1 Å². The van der Waals surface area contributed by atoms with E-state index in [4.69, 9.17) is 9.47 Å². The van der Waals surface area contributed by atoms with Crippen LogP contribution in [0.1, 0.15) is 80.6 Å². The number of hydrogen-bond acceptors (Lipinski definition) is 9. The van der Waals surface area contributed by atoms with Crippen molar-refractivity contribution in [3.8, 4) is 5.75 Å². The van der Waals surface area contributed by atoms with E-state index in [0.717, 1.165) is 67.4 Å². The Balaban J connectivity index is 0.00000107. The van der Waals surface area contributed by atoms with E-state index in [-0.39, 0.29) is 23.9 Å². The zero-order valence-electron chi connectivity index (χ0n) is 36.7. The highest BCUT2D eigenvalue weighted by molar-refractivity contribution is 7.80. The normalized spacial score (nSPS) is 19.7. The first-order valence-corrected chi connectivity index (χ1v) is 21.2. The first-order chi connectivity index (χ1) is 28.3. The number of thiol groups is 1. The number of amides is 1. The molecule has 0 saturated carbocycles. The summed E-state index contributed by atoms with van der Waals surface area (Å²) >= 11 is 4.35. The van der Waals surface area contributed by atoms with Crippen LogP contribution in [0.3, 0.4) is 0 Å². The number of anilines is 1. The Hall–Kier alpha value is -4.49. The number of nitrogens with zero attached hydrogens (tertiary/aromatic N) is 7. The predicted octanol–water partition coefficient (Wildman–Crippen LogP) is 10.2. The van der Waals surface area contributed by atoms with Crippen molar-refractivity contribution in [2.24, 2.45) is 16.8 Å². The molecule has 326 valence electrons. The summed E-state index contributed by atoms with van der Waals surface area (Å²) in [5.74, 6) is 0.285. The fourth-order valence-electron chi connectivity index (χ4n) is 7.31. The number of ether oxygens (including phenoxy) is 2. The van der Waals surface area contributed by atoms with Crippen LogP contribution in [-0.4, -0.2) is 94.1 Å². The van der Waals surface area contributed by atoms with Crippen LogP contribution in [0.25, 0.3) is 0 Å². The smallest absolute Gasteiger partial charge is 0.228 e. The van der Waals surface area contributed by atoms with Crippen LogP contribution in [0.15, 0.2) is 115 Å². The van der Waals surface area contributed by atoms with E-state index >= 15 is 4.39 Å². The van der Waals surface area contributed by atoms with E-state index in [2.05, 4.69) is 103 Å². The second kappa shape index (κ2) is 26.6. The summed E-state index contributed by atoms with van der Waals surface area (Å²) in [6, 6.07) is 8.15. The number of carbonyl (C=O) groups excluding carboxylic acids is 1. The van der Waals surface area contributed by atoms with Crippen molar-refractivity contribution >= 4 is 30.6 Å². The summed E-state index contributed by atoms with van der Waals surface area (Å²) in [5.41, 5.74) is 2.35. The molecule has 13 heteroatoms. The fraction of sp³-hybridized carbons (Fsp3) is 0.522. The molecule has 1 aromatic heterocycles. The summed E-state index contributed by atoms with van der Waals surface area (Å²) in [5, 5.41) is 4.75. The Kier molecular flexibility index (Phi) is 22.8. The van der Waals surface area contributed by atoms with Crippen LogP contribution in [0.4, 0.5) is 14.5 Å². The van der Waals surface area contributed by atoms with Gasteiger partial charge in [-0.2, -0.15) is 17.7 Å². The van der Waals surface area contributed by atoms with Gasteiger partial charge in [-0.05, 0) is 81.4 Å². The van der Waals surface area contributed by atoms with Gasteiger partial charge >= 0.3 is 0 Å². The van der Waals surface area contributed by atoms with Gasteiger partial charge in [0.2, 0.25) is 5.91 Å². The van der Waals surface area contributed by atoms with Crippen molar-refractivity contribution in [3.05, 3.63) is 110 Å². The highest BCUT2D eigenvalue weighted by atomic mass is 32.1. The van der Waals surface area contributed by atoms with Crippen molar-refractivity contribution in [1.82, 2.24) is 24.6 Å². The maximum absolute atomic E-state index is 15.1. The summed E-state index contributed by atoms with van der Waals surface area (Å²) < 4.78 is 42.6. The molecule has 1 amide bonds. The molecule has 3 atom stereocenters. The number of aliphatic imine (C=N–C) groups is 1. The molecule has 2 saturated heterocycles. The van der Waals surface area contributed by atoms with Crippen LogP contribution in [0, 0.1) is 11.8 Å². The summed E-state index contributed by atoms with van der Waals surface area (Å²) in [6.07, 6.45) is 15.3. The monoisotopic (exact) mass is 838 g/mol. The van der Waals surface area contributed by atoms with Gasteiger partial charge in [-0.25, -0.2) is 18.4 Å². The van der Waals surface area contributed by atoms with Gasteiger partial charge in [0.15, 0.2) is 0 Å². The van der Waals surface area contributed by atoms with Crippen LogP contribution in [-0.2, 0) is 16.1 Å². The number of rotatable bonds is 18. The average molecular weight is 838 g/mol. The van der Waals surface area contributed by atoms with Crippen molar-refractivity contribution in [1.29, 1.82) is 0 Å². The first kappa shape index (κ1) is 50.7. The quantitative estimate of drug-likeness (QED) is 0.0526. The maximum atomic E-state index is 15.1. The summed E-state index contributed by atoms with van der Waals surface area (Å²) in [4.78, 5) is 26.4. The zero-order valence-corrected chi connectivity index (χ0v) is 37.6. The molecule has 2 aliphatic rings. The minimum atomic E-state index is -1.05. The molecule has 4 rings (SSSR count). The van der Waals surface area contributed by atoms with Crippen molar-refractivity contribution < 1.29 is 23.0 Å². The van der Waals surface area contributed by atoms with Crippen molar-refractivity contribution in [3.63, 3.8) is 0 Å².